The fourth-order valence-corrected chi connectivity index (χ4v) is 3.23. The van der Waals surface area contributed by atoms with Crippen LogP contribution in [0.4, 0.5) is 5.69 Å². The van der Waals surface area contributed by atoms with Gasteiger partial charge in [-0.2, -0.15) is 0 Å². The molecule has 1 amide bonds. The van der Waals surface area contributed by atoms with Gasteiger partial charge in [-0.05, 0) is 43.2 Å². The lowest BCUT2D eigenvalue weighted by atomic mass is 10.1. The molecular weight excluding hydrogens is 344 g/mol. The van der Waals surface area contributed by atoms with Crippen LogP contribution < -0.4 is 10.1 Å². The predicted octanol–water partition coefficient (Wildman–Crippen LogP) is 2.94. The molecule has 140 valence electrons. The number of ether oxygens (including phenoxy) is 2. The number of rotatable bonds is 5. The minimum absolute atomic E-state index is 0.229. The summed E-state index contributed by atoms with van der Waals surface area (Å²) in [4.78, 5) is 16.6. The highest BCUT2D eigenvalue weighted by molar-refractivity contribution is 6.04. The lowest BCUT2D eigenvalue weighted by molar-refractivity contribution is 0.102. The van der Waals surface area contributed by atoms with Crippen LogP contribution in [0.1, 0.15) is 22.5 Å². The zero-order valence-corrected chi connectivity index (χ0v) is 15.4. The summed E-state index contributed by atoms with van der Waals surface area (Å²) in [7, 11) is 1.86. The molecule has 0 aliphatic carbocycles. The molecule has 3 heterocycles. The maximum absolute atomic E-state index is 12.5. The molecule has 3 aromatic rings. The summed E-state index contributed by atoms with van der Waals surface area (Å²) >= 11 is 0. The number of pyridine rings is 1. The maximum atomic E-state index is 12.5. The van der Waals surface area contributed by atoms with E-state index in [1.807, 2.05) is 44.3 Å². The number of anilines is 1. The molecule has 1 N–H and O–H groups in total. The SMILES string of the molecule is Cc1cccnc1C(=O)Nc1ccc2c(OC[C@@H]3CCOC3)nn(C)c2c1. The number of nitrogens with zero attached hydrogens (tertiary/aromatic N) is 3. The summed E-state index contributed by atoms with van der Waals surface area (Å²) in [6.45, 7) is 4.01. The highest BCUT2D eigenvalue weighted by atomic mass is 16.5. The first kappa shape index (κ1) is 17.5. The fourth-order valence-electron chi connectivity index (χ4n) is 3.23. The van der Waals surface area contributed by atoms with Gasteiger partial charge in [-0.15, -0.1) is 5.10 Å². The molecule has 7 nitrogen and oxygen atoms in total. The minimum atomic E-state index is -0.229. The molecule has 7 heteroatoms. The standard InChI is InChI=1S/C20H22N4O3/c1-13-4-3-8-21-18(13)19(25)22-15-5-6-16-17(10-15)24(2)23-20(16)27-12-14-7-9-26-11-14/h3-6,8,10,14H,7,9,11-12H2,1-2H3,(H,22,25)/t14-/m1/s1. The molecule has 1 saturated heterocycles. The lowest BCUT2D eigenvalue weighted by Crippen LogP contribution is -2.15. The van der Waals surface area contributed by atoms with E-state index in [4.69, 9.17) is 9.47 Å². The number of aryl methyl sites for hydroxylation is 2. The van der Waals surface area contributed by atoms with E-state index >= 15 is 0 Å². The van der Waals surface area contributed by atoms with Crippen LogP contribution in [0.2, 0.25) is 0 Å². The summed E-state index contributed by atoms with van der Waals surface area (Å²) in [5, 5.41) is 8.30. The van der Waals surface area contributed by atoms with Gasteiger partial charge in [-0.1, -0.05) is 6.07 Å². The lowest BCUT2D eigenvalue weighted by Gasteiger charge is -2.08. The largest absolute Gasteiger partial charge is 0.476 e. The summed E-state index contributed by atoms with van der Waals surface area (Å²) in [6.07, 6.45) is 2.64. The Bertz CT molecular complexity index is 977. The first-order valence-electron chi connectivity index (χ1n) is 9.02. The Hall–Kier alpha value is -2.93. The maximum Gasteiger partial charge on any atom is 0.274 e. The van der Waals surface area contributed by atoms with Crippen molar-refractivity contribution in [1.82, 2.24) is 14.8 Å². The van der Waals surface area contributed by atoms with Crippen molar-refractivity contribution in [3.05, 3.63) is 47.8 Å². The van der Waals surface area contributed by atoms with Gasteiger partial charge in [-0.25, -0.2) is 0 Å². The number of aromatic nitrogens is 3. The van der Waals surface area contributed by atoms with Crippen LogP contribution >= 0.6 is 0 Å². The Labute approximate surface area is 157 Å². The summed E-state index contributed by atoms with van der Waals surface area (Å²) in [5.41, 5.74) is 2.84. The molecule has 0 saturated carbocycles. The molecule has 1 aromatic carbocycles. The molecule has 1 aliphatic rings. The Kier molecular flexibility index (Phi) is 4.77. The van der Waals surface area contributed by atoms with E-state index in [2.05, 4.69) is 15.4 Å². The number of nitrogens with one attached hydrogen (secondary N) is 1. The van der Waals surface area contributed by atoms with Gasteiger partial charge in [0.25, 0.3) is 5.91 Å². The summed E-state index contributed by atoms with van der Waals surface area (Å²) in [5.74, 6) is 0.799. The second-order valence-electron chi connectivity index (χ2n) is 6.82. The monoisotopic (exact) mass is 366 g/mol. The average Bonchev–Trinajstić information content (AvgIpc) is 3.28. The zero-order chi connectivity index (χ0) is 18.8. The van der Waals surface area contributed by atoms with Gasteiger partial charge in [0, 0.05) is 31.5 Å². The molecule has 27 heavy (non-hydrogen) atoms. The Morgan fingerprint density at radius 2 is 2.30 bits per heavy atom. The van der Waals surface area contributed by atoms with Crippen molar-refractivity contribution in [2.45, 2.75) is 13.3 Å². The van der Waals surface area contributed by atoms with Crippen molar-refractivity contribution in [3.8, 4) is 5.88 Å². The van der Waals surface area contributed by atoms with E-state index in [9.17, 15) is 4.79 Å². The van der Waals surface area contributed by atoms with Crippen molar-refractivity contribution in [2.75, 3.05) is 25.1 Å². The first-order chi connectivity index (χ1) is 13.1. The van der Waals surface area contributed by atoms with E-state index in [1.165, 1.54) is 0 Å². The zero-order valence-electron chi connectivity index (χ0n) is 15.4. The van der Waals surface area contributed by atoms with Crippen LogP contribution in [0.3, 0.4) is 0 Å². The number of fused-ring (bicyclic) bond motifs is 1. The fraction of sp³-hybridized carbons (Fsp3) is 0.350. The molecule has 1 aliphatic heterocycles. The number of benzene rings is 1. The van der Waals surface area contributed by atoms with Gasteiger partial charge in [0.2, 0.25) is 5.88 Å². The molecule has 1 atom stereocenters. The van der Waals surface area contributed by atoms with Gasteiger partial charge >= 0.3 is 0 Å². The van der Waals surface area contributed by atoms with Crippen LogP contribution in [0.15, 0.2) is 36.5 Å². The molecular formula is C20H22N4O3. The van der Waals surface area contributed by atoms with E-state index in [0.29, 0.717) is 29.8 Å². The highest BCUT2D eigenvalue weighted by Gasteiger charge is 2.18. The molecule has 1 fully saturated rings. The van der Waals surface area contributed by atoms with Crippen LogP contribution in [0.5, 0.6) is 5.88 Å². The van der Waals surface area contributed by atoms with E-state index < -0.39 is 0 Å². The van der Waals surface area contributed by atoms with Gasteiger partial charge < -0.3 is 14.8 Å². The first-order valence-corrected chi connectivity index (χ1v) is 9.02. The Morgan fingerprint density at radius 3 is 3.07 bits per heavy atom. The molecule has 0 radical (unpaired) electrons. The van der Waals surface area contributed by atoms with Crippen molar-refractivity contribution in [1.29, 1.82) is 0 Å². The van der Waals surface area contributed by atoms with Gasteiger partial charge in [0.05, 0.1) is 24.1 Å². The number of amides is 1. The average molecular weight is 366 g/mol. The quantitative estimate of drug-likeness (QED) is 0.751. The third kappa shape index (κ3) is 3.64. The van der Waals surface area contributed by atoms with Crippen LogP contribution in [0, 0.1) is 12.8 Å². The van der Waals surface area contributed by atoms with Crippen LogP contribution in [-0.2, 0) is 11.8 Å². The molecule has 4 rings (SSSR count). The predicted molar refractivity (Wildman–Crippen MR) is 102 cm³/mol. The van der Waals surface area contributed by atoms with Gasteiger partial charge in [0.15, 0.2) is 0 Å². The normalized spacial score (nSPS) is 16.6. The van der Waals surface area contributed by atoms with Crippen LogP contribution in [-0.4, -0.2) is 40.5 Å². The second kappa shape index (κ2) is 7.36. The number of hydrogen-bond acceptors (Lipinski definition) is 5. The molecule has 0 spiro atoms. The van der Waals surface area contributed by atoms with Gasteiger partial charge in [0.1, 0.15) is 5.69 Å². The second-order valence-corrected chi connectivity index (χ2v) is 6.82. The summed E-state index contributed by atoms with van der Waals surface area (Å²) in [6, 6.07) is 9.34. The summed E-state index contributed by atoms with van der Waals surface area (Å²) < 4.78 is 13.1. The van der Waals surface area contributed by atoms with Crippen molar-refractivity contribution in [2.24, 2.45) is 13.0 Å². The molecule has 2 aromatic heterocycles. The third-order valence-electron chi connectivity index (χ3n) is 4.78. The van der Waals surface area contributed by atoms with E-state index in [-0.39, 0.29) is 5.91 Å². The van der Waals surface area contributed by atoms with Crippen molar-refractivity contribution in [3.63, 3.8) is 0 Å². The smallest absolute Gasteiger partial charge is 0.274 e. The Morgan fingerprint density at radius 1 is 1.41 bits per heavy atom. The van der Waals surface area contributed by atoms with Crippen molar-refractivity contribution < 1.29 is 14.3 Å². The van der Waals surface area contributed by atoms with Crippen molar-refractivity contribution >= 4 is 22.5 Å². The van der Waals surface area contributed by atoms with Crippen LogP contribution in [0.25, 0.3) is 10.9 Å². The molecule has 0 unspecified atom stereocenters. The topological polar surface area (TPSA) is 78.3 Å². The highest BCUT2D eigenvalue weighted by Crippen LogP contribution is 2.28. The van der Waals surface area contributed by atoms with Gasteiger partial charge in [-0.3, -0.25) is 14.5 Å². The number of hydrogen-bond donors (Lipinski definition) is 1. The minimum Gasteiger partial charge on any atom is -0.476 e. The third-order valence-corrected chi connectivity index (χ3v) is 4.78. The van der Waals surface area contributed by atoms with E-state index in [1.54, 1.807) is 10.9 Å². The van der Waals surface area contributed by atoms with E-state index in [0.717, 1.165) is 36.1 Å². The Balaban J connectivity index is 1.53. The number of carbonyl (C=O) groups excluding carboxylic acids is 1. The molecule has 0 bridgehead atoms. The number of carbonyl (C=O) groups is 1.